The summed E-state index contributed by atoms with van der Waals surface area (Å²) in [5.74, 6) is -0.787. The average Bonchev–Trinajstić information content (AvgIpc) is 2.94. The van der Waals surface area contributed by atoms with Crippen molar-refractivity contribution in [3.8, 4) is 11.5 Å². The maximum Gasteiger partial charge on any atom is 0.327 e. The Balaban J connectivity index is 1.88. The molecule has 1 fully saturated rings. The summed E-state index contributed by atoms with van der Waals surface area (Å²) in [6.07, 6.45) is -0.714. The quantitative estimate of drug-likeness (QED) is 0.450. The van der Waals surface area contributed by atoms with E-state index in [0.29, 0.717) is 17.9 Å². The molecule has 0 aliphatic carbocycles. The summed E-state index contributed by atoms with van der Waals surface area (Å²) in [7, 11) is 3.04. The topological polar surface area (TPSA) is 123 Å². The zero-order valence-corrected chi connectivity index (χ0v) is 17.7. The highest BCUT2D eigenvalue weighted by molar-refractivity contribution is 6.08. The lowest BCUT2D eigenvalue weighted by Crippen LogP contribution is -2.44. The van der Waals surface area contributed by atoms with Gasteiger partial charge in [-0.1, -0.05) is 13.0 Å². The van der Waals surface area contributed by atoms with Crippen molar-refractivity contribution in [1.29, 1.82) is 0 Å². The number of ether oxygens (including phenoxy) is 3. The summed E-state index contributed by atoms with van der Waals surface area (Å²) in [6.45, 7) is 4.37. The summed E-state index contributed by atoms with van der Waals surface area (Å²) < 4.78 is 15.5. The molecule has 0 saturated carbocycles. The molecule has 1 aromatic rings. The Labute approximate surface area is 174 Å². The minimum Gasteiger partial charge on any atom is -0.493 e. The van der Waals surface area contributed by atoms with E-state index in [1.807, 2.05) is 0 Å². The fourth-order valence-electron chi connectivity index (χ4n) is 2.87. The van der Waals surface area contributed by atoms with Crippen molar-refractivity contribution in [1.82, 2.24) is 15.5 Å². The Morgan fingerprint density at radius 3 is 2.43 bits per heavy atom. The van der Waals surface area contributed by atoms with Crippen LogP contribution in [-0.2, 0) is 25.7 Å². The molecular formula is C20H27N3O7. The number of hydrogen-bond acceptors (Lipinski definition) is 7. The van der Waals surface area contributed by atoms with Crippen molar-refractivity contribution in [2.75, 3.05) is 20.8 Å². The lowest BCUT2D eigenvalue weighted by Gasteiger charge is -2.19. The number of nitrogens with zero attached hydrogens (tertiary/aromatic N) is 1. The second kappa shape index (κ2) is 9.47. The first kappa shape index (κ1) is 23.0. The third-order valence-corrected chi connectivity index (χ3v) is 4.93. The molecule has 4 amide bonds. The number of carbonyl (C=O) groups excluding carboxylic acids is 4. The molecule has 10 nitrogen and oxygen atoms in total. The van der Waals surface area contributed by atoms with Crippen molar-refractivity contribution >= 4 is 23.8 Å². The molecule has 0 unspecified atom stereocenters. The SMILES string of the molecule is CC[C@@]1(C)NC(=O)N(CC(=O)O[C@H](C)C(=O)NCc2ccc(OC)c(OC)c2)C1=O. The molecule has 2 rings (SSSR count). The lowest BCUT2D eigenvalue weighted by atomic mass is 9.99. The van der Waals surface area contributed by atoms with Crippen molar-refractivity contribution in [2.45, 2.75) is 45.4 Å². The molecule has 2 atom stereocenters. The Bertz CT molecular complexity index is 842. The Morgan fingerprint density at radius 1 is 1.20 bits per heavy atom. The molecule has 1 aromatic carbocycles. The second-order valence-electron chi connectivity index (χ2n) is 7.05. The van der Waals surface area contributed by atoms with Gasteiger partial charge in [0.15, 0.2) is 17.6 Å². The maximum absolute atomic E-state index is 12.3. The summed E-state index contributed by atoms with van der Waals surface area (Å²) in [5, 5.41) is 5.20. The molecule has 0 spiro atoms. The molecule has 0 bridgehead atoms. The minimum atomic E-state index is -1.10. The number of methoxy groups -OCH3 is 2. The molecule has 1 aliphatic heterocycles. The molecule has 0 aromatic heterocycles. The molecule has 1 aliphatic rings. The van der Waals surface area contributed by atoms with Gasteiger partial charge in [0.05, 0.1) is 14.2 Å². The molecule has 164 valence electrons. The third kappa shape index (κ3) is 5.00. The fourth-order valence-corrected chi connectivity index (χ4v) is 2.87. The lowest BCUT2D eigenvalue weighted by molar-refractivity contribution is -0.156. The van der Waals surface area contributed by atoms with Crippen LogP contribution in [-0.4, -0.2) is 61.1 Å². The van der Waals surface area contributed by atoms with Gasteiger partial charge in [-0.3, -0.25) is 19.3 Å². The van der Waals surface area contributed by atoms with Crippen molar-refractivity contribution < 1.29 is 33.4 Å². The number of urea groups is 1. The standard InChI is InChI=1S/C20H27N3O7/c1-6-20(3)18(26)23(19(27)22-20)11-16(24)30-12(2)17(25)21-10-13-7-8-14(28-4)15(9-13)29-5/h7-9,12H,6,10-11H2,1-5H3,(H,21,25)(H,22,27)/t12-,20-/m1/s1. The van der Waals surface area contributed by atoms with E-state index < -0.39 is 42.0 Å². The summed E-state index contributed by atoms with van der Waals surface area (Å²) in [5.41, 5.74) is -0.280. The Morgan fingerprint density at radius 2 is 1.87 bits per heavy atom. The molecule has 0 radical (unpaired) electrons. The van der Waals surface area contributed by atoms with Gasteiger partial charge < -0.3 is 24.8 Å². The Hall–Kier alpha value is -3.30. The molecule has 30 heavy (non-hydrogen) atoms. The molecule has 1 saturated heterocycles. The zero-order valence-electron chi connectivity index (χ0n) is 17.7. The first-order chi connectivity index (χ1) is 14.1. The molecule has 2 N–H and O–H groups in total. The van der Waals surface area contributed by atoms with E-state index in [2.05, 4.69) is 10.6 Å². The van der Waals surface area contributed by atoms with Crippen LogP contribution in [0.3, 0.4) is 0 Å². The van der Waals surface area contributed by atoms with Crippen molar-refractivity contribution in [3.05, 3.63) is 23.8 Å². The highest BCUT2D eigenvalue weighted by Gasteiger charge is 2.47. The maximum atomic E-state index is 12.3. The van der Waals surface area contributed by atoms with E-state index in [-0.39, 0.29) is 6.54 Å². The predicted molar refractivity (Wildman–Crippen MR) is 106 cm³/mol. The molecular weight excluding hydrogens is 394 g/mol. The zero-order chi connectivity index (χ0) is 22.5. The van der Waals surface area contributed by atoms with Gasteiger partial charge in [0.25, 0.3) is 11.8 Å². The van der Waals surface area contributed by atoms with Crippen LogP contribution < -0.4 is 20.1 Å². The van der Waals surface area contributed by atoms with Crippen LogP contribution in [0.15, 0.2) is 18.2 Å². The van der Waals surface area contributed by atoms with Gasteiger partial charge in [-0.05, 0) is 38.0 Å². The smallest absolute Gasteiger partial charge is 0.327 e. The van der Waals surface area contributed by atoms with Crippen LogP contribution in [0.5, 0.6) is 11.5 Å². The van der Waals surface area contributed by atoms with Gasteiger partial charge in [0.2, 0.25) is 0 Å². The second-order valence-corrected chi connectivity index (χ2v) is 7.05. The summed E-state index contributed by atoms with van der Waals surface area (Å²) in [6, 6.07) is 4.54. The predicted octanol–water partition coefficient (Wildman–Crippen LogP) is 0.972. The van der Waals surface area contributed by atoms with Crippen LogP contribution in [0.4, 0.5) is 4.79 Å². The van der Waals surface area contributed by atoms with E-state index in [0.717, 1.165) is 10.5 Å². The van der Waals surface area contributed by atoms with Crippen molar-refractivity contribution in [3.63, 3.8) is 0 Å². The number of esters is 1. The third-order valence-electron chi connectivity index (χ3n) is 4.93. The largest absolute Gasteiger partial charge is 0.493 e. The summed E-state index contributed by atoms with van der Waals surface area (Å²) >= 11 is 0. The number of imide groups is 1. The fraction of sp³-hybridized carbons (Fsp3) is 0.500. The van der Waals surface area contributed by atoms with Crippen LogP contribution in [0, 0.1) is 0 Å². The molecule has 1 heterocycles. The number of rotatable bonds is 9. The number of hydrogen-bond donors (Lipinski definition) is 2. The highest BCUT2D eigenvalue weighted by Crippen LogP contribution is 2.27. The van der Waals surface area contributed by atoms with E-state index >= 15 is 0 Å². The van der Waals surface area contributed by atoms with Gasteiger partial charge in [0, 0.05) is 6.54 Å². The highest BCUT2D eigenvalue weighted by atomic mass is 16.5. The van der Waals surface area contributed by atoms with Gasteiger partial charge in [0.1, 0.15) is 12.1 Å². The van der Waals surface area contributed by atoms with Crippen LogP contribution in [0.1, 0.15) is 32.8 Å². The number of nitrogens with one attached hydrogen (secondary N) is 2. The van der Waals surface area contributed by atoms with Gasteiger partial charge in [-0.25, -0.2) is 4.79 Å². The summed E-state index contributed by atoms with van der Waals surface area (Å²) in [4.78, 5) is 49.4. The van der Waals surface area contributed by atoms with Gasteiger partial charge in [-0.2, -0.15) is 0 Å². The number of amides is 4. The molecule has 10 heteroatoms. The van der Waals surface area contributed by atoms with Crippen LogP contribution in [0.25, 0.3) is 0 Å². The first-order valence-electron chi connectivity index (χ1n) is 9.47. The monoisotopic (exact) mass is 421 g/mol. The minimum absolute atomic E-state index is 0.183. The first-order valence-corrected chi connectivity index (χ1v) is 9.47. The van der Waals surface area contributed by atoms with Crippen LogP contribution in [0.2, 0.25) is 0 Å². The van der Waals surface area contributed by atoms with E-state index in [1.54, 1.807) is 32.0 Å². The van der Waals surface area contributed by atoms with Gasteiger partial charge in [-0.15, -0.1) is 0 Å². The van der Waals surface area contributed by atoms with E-state index in [1.165, 1.54) is 21.1 Å². The number of carbonyl (C=O) groups is 4. The van der Waals surface area contributed by atoms with E-state index in [9.17, 15) is 19.2 Å². The number of benzene rings is 1. The van der Waals surface area contributed by atoms with Crippen LogP contribution >= 0.6 is 0 Å². The average molecular weight is 421 g/mol. The Kier molecular flexibility index (Phi) is 7.25. The van der Waals surface area contributed by atoms with E-state index in [4.69, 9.17) is 14.2 Å². The van der Waals surface area contributed by atoms with Gasteiger partial charge >= 0.3 is 12.0 Å². The normalized spacial score (nSPS) is 19.2. The van der Waals surface area contributed by atoms with Crippen molar-refractivity contribution in [2.24, 2.45) is 0 Å².